The van der Waals surface area contributed by atoms with Gasteiger partial charge in [-0.25, -0.2) is 0 Å². The maximum Gasteiger partial charge on any atom is 0.306 e. The van der Waals surface area contributed by atoms with Gasteiger partial charge in [-0.1, -0.05) is 42.5 Å². The van der Waals surface area contributed by atoms with Crippen LogP contribution in [0.15, 0.2) is 42.5 Å². The number of carbonyl (C=O) groups is 3. The number of hydrogen-bond acceptors (Lipinski definition) is 5. The van der Waals surface area contributed by atoms with Crippen LogP contribution in [0.4, 0.5) is 0 Å². The number of nitrogens with one attached hydrogen (secondary N) is 2. The van der Waals surface area contributed by atoms with Crippen molar-refractivity contribution in [1.29, 1.82) is 0 Å². The van der Waals surface area contributed by atoms with E-state index in [9.17, 15) is 19.5 Å². The van der Waals surface area contributed by atoms with Crippen molar-refractivity contribution < 1.29 is 24.2 Å². The lowest BCUT2D eigenvalue weighted by atomic mass is 9.98. The summed E-state index contributed by atoms with van der Waals surface area (Å²) in [7, 11) is 0. The summed E-state index contributed by atoms with van der Waals surface area (Å²) in [4.78, 5) is 37.1. The van der Waals surface area contributed by atoms with Crippen molar-refractivity contribution in [3.8, 4) is 0 Å². The van der Waals surface area contributed by atoms with E-state index in [1.807, 2.05) is 42.5 Å². The second kappa shape index (κ2) is 13.6. The van der Waals surface area contributed by atoms with Gasteiger partial charge in [0.05, 0.1) is 25.1 Å². The SMILES string of the molecule is CC1CNC(=O)C(CC(=O)NC(CO)Cc2ccccc2)CC=CCCCCC(=O)O1. The first-order valence-corrected chi connectivity index (χ1v) is 11.0. The fraction of sp³-hybridized carbons (Fsp3) is 0.542. The van der Waals surface area contributed by atoms with Gasteiger partial charge < -0.3 is 20.5 Å². The topological polar surface area (TPSA) is 105 Å². The zero-order valence-corrected chi connectivity index (χ0v) is 18.2. The first-order valence-electron chi connectivity index (χ1n) is 11.0. The summed E-state index contributed by atoms with van der Waals surface area (Å²) in [5, 5.41) is 15.3. The van der Waals surface area contributed by atoms with E-state index in [0.29, 0.717) is 19.3 Å². The maximum atomic E-state index is 12.7. The van der Waals surface area contributed by atoms with Crippen LogP contribution in [0.2, 0.25) is 0 Å². The monoisotopic (exact) mass is 430 g/mol. The highest BCUT2D eigenvalue weighted by Gasteiger charge is 2.23. The molecule has 0 spiro atoms. The molecule has 1 aromatic carbocycles. The summed E-state index contributed by atoms with van der Waals surface area (Å²) in [5.41, 5.74) is 1.02. The Hall–Kier alpha value is -2.67. The van der Waals surface area contributed by atoms with Gasteiger partial charge in [-0.3, -0.25) is 14.4 Å². The molecule has 2 amide bonds. The zero-order valence-electron chi connectivity index (χ0n) is 18.2. The van der Waals surface area contributed by atoms with Crippen LogP contribution in [-0.4, -0.2) is 48.2 Å². The molecule has 0 radical (unpaired) electrons. The number of allylic oxidation sites excluding steroid dienone is 2. The number of benzene rings is 1. The van der Waals surface area contributed by atoms with Gasteiger partial charge in [0.25, 0.3) is 0 Å². The molecule has 0 aliphatic carbocycles. The molecule has 0 saturated carbocycles. The minimum atomic E-state index is -0.529. The normalized spacial score (nSPS) is 22.0. The number of esters is 1. The van der Waals surface area contributed by atoms with Crippen molar-refractivity contribution >= 4 is 17.8 Å². The highest BCUT2D eigenvalue weighted by Crippen LogP contribution is 2.13. The molecule has 3 atom stereocenters. The smallest absolute Gasteiger partial charge is 0.306 e. The van der Waals surface area contributed by atoms with Crippen molar-refractivity contribution in [3.05, 3.63) is 48.0 Å². The van der Waals surface area contributed by atoms with Gasteiger partial charge in [0, 0.05) is 12.8 Å². The lowest BCUT2D eigenvalue weighted by Gasteiger charge is -2.20. The Morgan fingerprint density at radius 1 is 1.23 bits per heavy atom. The Morgan fingerprint density at radius 2 is 2.00 bits per heavy atom. The van der Waals surface area contributed by atoms with Crippen LogP contribution in [-0.2, 0) is 25.5 Å². The molecule has 7 nitrogen and oxygen atoms in total. The van der Waals surface area contributed by atoms with Crippen LogP contribution < -0.4 is 10.6 Å². The standard InChI is InChI=1S/C24H34N2O5/c1-18-16-25-24(30)20(12-8-3-2-4-9-13-23(29)31-18)15-22(28)26-21(17-27)14-19-10-6-5-7-11-19/h3,5-8,10-11,18,20-21,27H,2,4,9,12-17H2,1H3,(H,25,30)(H,26,28). The molecule has 0 saturated heterocycles. The Labute approximate surface area is 184 Å². The minimum Gasteiger partial charge on any atom is -0.461 e. The largest absolute Gasteiger partial charge is 0.461 e. The molecule has 0 aromatic heterocycles. The Kier molecular flexibility index (Phi) is 10.8. The number of carbonyl (C=O) groups excluding carboxylic acids is 3. The van der Waals surface area contributed by atoms with Gasteiger partial charge in [0.1, 0.15) is 6.10 Å². The number of aliphatic hydroxyl groups excluding tert-OH is 1. The second-order valence-electron chi connectivity index (χ2n) is 8.04. The van der Waals surface area contributed by atoms with Crippen molar-refractivity contribution in [2.75, 3.05) is 13.2 Å². The van der Waals surface area contributed by atoms with E-state index in [1.165, 1.54) is 0 Å². The fourth-order valence-corrected chi connectivity index (χ4v) is 3.48. The predicted octanol–water partition coefficient (Wildman–Crippen LogP) is 2.28. The number of aliphatic hydroxyl groups is 1. The maximum absolute atomic E-state index is 12.7. The molecule has 0 bridgehead atoms. The number of rotatable bonds is 6. The fourth-order valence-electron chi connectivity index (χ4n) is 3.48. The van der Waals surface area contributed by atoms with Crippen LogP contribution in [0.1, 0.15) is 51.0 Å². The summed E-state index contributed by atoms with van der Waals surface area (Å²) >= 11 is 0. The van der Waals surface area contributed by atoms with Gasteiger partial charge >= 0.3 is 5.97 Å². The molecule has 0 fully saturated rings. The molecule has 2 rings (SSSR count). The molecule has 1 aliphatic heterocycles. The summed E-state index contributed by atoms with van der Waals surface area (Å²) < 4.78 is 5.30. The van der Waals surface area contributed by atoms with E-state index in [4.69, 9.17) is 4.74 Å². The van der Waals surface area contributed by atoms with E-state index in [-0.39, 0.29) is 37.4 Å². The molecule has 1 aromatic rings. The molecule has 1 aliphatic rings. The zero-order chi connectivity index (χ0) is 22.5. The van der Waals surface area contributed by atoms with E-state index >= 15 is 0 Å². The summed E-state index contributed by atoms with van der Waals surface area (Å²) in [6.07, 6.45) is 7.31. The molecular formula is C24H34N2O5. The van der Waals surface area contributed by atoms with Crippen LogP contribution in [0.3, 0.4) is 0 Å². The highest BCUT2D eigenvalue weighted by atomic mass is 16.5. The highest BCUT2D eigenvalue weighted by molar-refractivity contribution is 5.86. The lowest BCUT2D eigenvalue weighted by molar-refractivity contribution is -0.148. The number of cyclic esters (lactones) is 1. The summed E-state index contributed by atoms with van der Waals surface area (Å²) in [6, 6.07) is 9.21. The molecule has 31 heavy (non-hydrogen) atoms. The first-order chi connectivity index (χ1) is 15.0. The summed E-state index contributed by atoms with van der Waals surface area (Å²) in [6.45, 7) is 1.76. The van der Waals surface area contributed by atoms with Crippen LogP contribution in [0.25, 0.3) is 0 Å². The van der Waals surface area contributed by atoms with Gasteiger partial charge in [0.2, 0.25) is 11.8 Å². The molecule has 170 valence electrons. The van der Waals surface area contributed by atoms with Crippen LogP contribution >= 0.6 is 0 Å². The van der Waals surface area contributed by atoms with E-state index < -0.39 is 18.1 Å². The average molecular weight is 431 g/mol. The second-order valence-corrected chi connectivity index (χ2v) is 8.04. The van der Waals surface area contributed by atoms with Crippen molar-refractivity contribution in [2.45, 2.75) is 64.0 Å². The van der Waals surface area contributed by atoms with Gasteiger partial charge in [-0.2, -0.15) is 0 Å². The van der Waals surface area contributed by atoms with Gasteiger partial charge in [-0.05, 0) is 44.6 Å². The number of hydrogen-bond donors (Lipinski definition) is 3. The Morgan fingerprint density at radius 3 is 2.74 bits per heavy atom. The van der Waals surface area contributed by atoms with E-state index in [0.717, 1.165) is 24.8 Å². The van der Waals surface area contributed by atoms with Crippen molar-refractivity contribution in [1.82, 2.24) is 10.6 Å². The molecule has 7 heteroatoms. The lowest BCUT2D eigenvalue weighted by Crippen LogP contribution is -2.42. The third kappa shape index (κ3) is 9.79. The average Bonchev–Trinajstić information content (AvgIpc) is 2.75. The van der Waals surface area contributed by atoms with Crippen molar-refractivity contribution in [3.63, 3.8) is 0 Å². The number of amides is 2. The molecule has 3 N–H and O–H groups in total. The third-order valence-corrected chi connectivity index (χ3v) is 5.20. The molecule has 1 heterocycles. The number of ether oxygens (including phenoxy) is 1. The van der Waals surface area contributed by atoms with E-state index in [1.54, 1.807) is 6.92 Å². The van der Waals surface area contributed by atoms with Gasteiger partial charge in [-0.15, -0.1) is 0 Å². The predicted molar refractivity (Wildman–Crippen MR) is 118 cm³/mol. The Balaban J connectivity index is 1.95. The molecular weight excluding hydrogens is 396 g/mol. The van der Waals surface area contributed by atoms with Crippen molar-refractivity contribution in [2.24, 2.45) is 5.92 Å². The van der Waals surface area contributed by atoms with Crippen LogP contribution in [0, 0.1) is 5.92 Å². The Bertz CT molecular complexity index is 735. The van der Waals surface area contributed by atoms with Gasteiger partial charge in [0.15, 0.2) is 0 Å². The molecule has 3 unspecified atom stereocenters. The van der Waals surface area contributed by atoms with E-state index in [2.05, 4.69) is 10.6 Å². The minimum absolute atomic E-state index is 0.0234. The quantitative estimate of drug-likeness (QED) is 0.474. The van der Waals surface area contributed by atoms with Crippen LogP contribution in [0.5, 0.6) is 0 Å². The third-order valence-electron chi connectivity index (χ3n) is 5.20. The first kappa shape index (κ1) is 24.6. The summed E-state index contributed by atoms with van der Waals surface area (Å²) in [5.74, 6) is -1.31.